The molecule has 66 valence electrons. The molecule has 1 heterocycles. The maximum Gasteiger partial charge on any atom is 0.0243 e. The van der Waals surface area contributed by atoms with Gasteiger partial charge in [0.25, 0.3) is 0 Å². The van der Waals surface area contributed by atoms with Gasteiger partial charge in [0, 0.05) is 18.8 Å². The molecule has 2 aliphatic rings. The highest BCUT2D eigenvalue weighted by Gasteiger charge is 2.34. The number of hydrogen-bond acceptors (Lipinski definition) is 1. The molecule has 1 nitrogen and oxygen atoms in total. The Kier molecular flexibility index (Phi) is 1.75. The van der Waals surface area contributed by atoms with E-state index < -0.39 is 0 Å². The maximum absolute atomic E-state index is 2.50. The van der Waals surface area contributed by atoms with Crippen molar-refractivity contribution >= 4 is 0 Å². The fourth-order valence-electron chi connectivity index (χ4n) is 2.04. The summed E-state index contributed by atoms with van der Waals surface area (Å²) in [6.45, 7) is 7.16. The number of nitrogens with zero attached hydrogens (tertiary/aromatic N) is 1. The molecule has 0 aromatic heterocycles. The van der Waals surface area contributed by atoms with Gasteiger partial charge in [-0.1, -0.05) is 26.0 Å². The average Bonchev–Trinajstić information content (AvgIpc) is 2.02. The first kappa shape index (κ1) is 7.90. The predicted molar refractivity (Wildman–Crippen MR) is 51.8 cm³/mol. The van der Waals surface area contributed by atoms with Crippen LogP contribution in [-0.4, -0.2) is 18.0 Å². The predicted octanol–water partition coefficient (Wildman–Crippen LogP) is 2.56. The van der Waals surface area contributed by atoms with E-state index in [1.807, 2.05) is 0 Å². The first-order chi connectivity index (χ1) is 5.67. The number of rotatable bonds is 1. The fourth-order valence-corrected chi connectivity index (χ4v) is 2.04. The van der Waals surface area contributed by atoms with E-state index in [2.05, 4.69) is 37.0 Å². The Bertz CT molecular complexity index is 227. The minimum absolute atomic E-state index is 0.558. The van der Waals surface area contributed by atoms with Crippen LogP contribution in [0, 0.1) is 5.41 Å². The lowest BCUT2D eigenvalue weighted by Gasteiger charge is -2.48. The van der Waals surface area contributed by atoms with Crippen molar-refractivity contribution in [3.63, 3.8) is 0 Å². The van der Waals surface area contributed by atoms with Crippen LogP contribution in [0.15, 0.2) is 23.9 Å². The molecule has 0 spiro atoms. The van der Waals surface area contributed by atoms with Crippen molar-refractivity contribution in [1.29, 1.82) is 0 Å². The Labute approximate surface area is 74.8 Å². The van der Waals surface area contributed by atoms with E-state index in [0.717, 1.165) is 0 Å². The molecule has 1 saturated heterocycles. The lowest BCUT2D eigenvalue weighted by molar-refractivity contribution is 0.0606. The van der Waals surface area contributed by atoms with E-state index in [9.17, 15) is 0 Å². The van der Waals surface area contributed by atoms with Gasteiger partial charge in [-0.15, -0.1) is 0 Å². The van der Waals surface area contributed by atoms with Crippen LogP contribution in [0.5, 0.6) is 0 Å². The molecule has 1 aliphatic carbocycles. The molecule has 1 fully saturated rings. The summed E-state index contributed by atoms with van der Waals surface area (Å²) in [5.74, 6) is 0. The Hall–Kier alpha value is -0.720. The van der Waals surface area contributed by atoms with Crippen LogP contribution in [-0.2, 0) is 0 Å². The van der Waals surface area contributed by atoms with Crippen molar-refractivity contribution in [3.05, 3.63) is 23.9 Å². The smallest absolute Gasteiger partial charge is 0.0243 e. The van der Waals surface area contributed by atoms with E-state index in [4.69, 9.17) is 0 Å². The minimum atomic E-state index is 0.558. The second-order valence-corrected chi connectivity index (χ2v) is 4.65. The summed E-state index contributed by atoms with van der Waals surface area (Å²) in [6, 6.07) is 0. The largest absolute Gasteiger partial charge is 0.374 e. The van der Waals surface area contributed by atoms with E-state index in [-0.39, 0.29) is 0 Å². The van der Waals surface area contributed by atoms with Gasteiger partial charge in [0.1, 0.15) is 0 Å². The van der Waals surface area contributed by atoms with Gasteiger partial charge in [0.05, 0.1) is 0 Å². The molecular weight excluding hydrogens is 146 g/mol. The summed E-state index contributed by atoms with van der Waals surface area (Å²) in [5.41, 5.74) is 2.10. The van der Waals surface area contributed by atoms with Gasteiger partial charge in [-0.3, -0.25) is 0 Å². The van der Waals surface area contributed by atoms with Crippen molar-refractivity contribution in [1.82, 2.24) is 4.90 Å². The van der Waals surface area contributed by atoms with Gasteiger partial charge >= 0.3 is 0 Å². The third-order valence-corrected chi connectivity index (χ3v) is 2.64. The van der Waals surface area contributed by atoms with Crippen LogP contribution >= 0.6 is 0 Å². The van der Waals surface area contributed by atoms with Crippen LogP contribution in [0.4, 0.5) is 0 Å². The van der Waals surface area contributed by atoms with Crippen molar-refractivity contribution in [2.24, 2.45) is 5.41 Å². The topological polar surface area (TPSA) is 3.24 Å². The van der Waals surface area contributed by atoms with Crippen LogP contribution in [0.1, 0.15) is 26.7 Å². The third-order valence-electron chi connectivity index (χ3n) is 2.64. The summed E-state index contributed by atoms with van der Waals surface area (Å²) < 4.78 is 0. The molecular formula is C11H17N. The average molecular weight is 163 g/mol. The Morgan fingerprint density at radius 1 is 1.33 bits per heavy atom. The van der Waals surface area contributed by atoms with Crippen LogP contribution in [0.25, 0.3) is 0 Å². The second-order valence-electron chi connectivity index (χ2n) is 4.65. The molecule has 12 heavy (non-hydrogen) atoms. The zero-order valence-electron chi connectivity index (χ0n) is 8.01. The van der Waals surface area contributed by atoms with E-state index in [1.54, 1.807) is 0 Å². The Morgan fingerprint density at radius 2 is 2.08 bits per heavy atom. The zero-order chi connectivity index (χ0) is 8.60. The first-order valence-corrected chi connectivity index (χ1v) is 4.78. The van der Waals surface area contributed by atoms with Crippen molar-refractivity contribution < 1.29 is 0 Å². The number of allylic oxidation sites excluding steroid dienone is 4. The van der Waals surface area contributed by atoms with Gasteiger partial charge in [-0.05, 0) is 24.3 Å². The van der Waals surface area contributed by atoms with Crippen LogP contribution in [0.3, 0.4) is 0 Å². The van der Waals surface area contributed by atoms with E-state index in [0.29, 0.717) is 5.41 Å². The molecule has 0 radical (unpaired) electrons. The van der Waals surface area contributed by atoms with Gasteiger partial charge in [-0.2, -0.15) is 0 Å². The summed E-state index contributed by atoms with van der Waals surface area (Å²) >= 11 is 0. The maximum atomic E-state index is 2.50. The molecule has 2 rings (SSSR count). The first-order valence-electron chi connectivity index (χ1n) is 4.78. The Balaban J connectivity index is 1.95. The molecule has 1 heteroatoms. The molecule has 0 atom stereocenters. The summed E-state index contributed by atoms with van der Waals surface area (Å²) in [6.07, 6.45) is 9.16. The van der Waals surface area contributed by atoms with Crippen LogP contribution < -0.4 is 0 Å². The fraction of sp³-hybridized carbons (Fsp3) is 0.636. The lowest BCUT2D eigenvalue weighted by atomic mass is 9.83. The van der Waals surface area contributed by atoms with Crippen LogP contribution in [0.2, 0.25) is 0 Å². The molecule has 0 saturated carbocycles. The van der Waals surface area contributed by atoms with Gasteiger partial charge in [0.15, 0.2) is 0 Å². The highest BCUT2D eigenvalue weighted by atomic mass is 15.2. The molecule has 0 amide bonds. The molecule has 0 bridgehead atoms. The van der Waals surface area contributed by atoms with Crippen molar-refractivity contribution in [2.75, 3.05) is 13.1 Å². The highest BCUT2D eigenvalue weighted by Crippen LogP contribution is 2.33. The summed E-state index contributed by atoms with van der Waals surface area (Å²) in [7, 11) is 0. The second kappa shape index (κ2) is 2.65. The van der Waals surface area contributed by atoms with Crippen molar-refractivity contribution in [3.8, 4) is 0 Å². The van der Waals surface area contributed by atoms with E-state index in [1.165, 1.54) is 31.6 Å². The van der Waals surface area contributed by atoms with Gasteiger partial charge < -0.3 is 4.90 Å². The quantitative estimate of drug-likeness (QED) is 0.574. The summed E-state index contributed by atoms with van der Waals surface area (Å²) in [4.78, 5) is 2.50. The normalized spacial score (nSPS) is 26.5. The molecule has 1 aliphatic heterocycles. The summed E-state index contributed by atoms with van der Waals surface area (Å²) in [5, 5.41) is 0. The molecule has 0 aromatic carbocycles. The molecule has 0 N–H and O–H groups in total. The van der Waals surface area contributed by atoms with Gasteiger partial charge in [-0.25, -0.2) is 0 Å². The molecule has 0 unspecified atom stereocenters. The third kappa shape index (κ3) is 1.40. The number of likely N-dealkylation sites (tertiary alicyclic amines) is 1. The zero-order valence-corrected chi connectivity index (χ0v) is 8.01. The van der Waals surface area contributed by atoms with Crippen molar-refractivity contribution in [2.45, 2.75) is 26.7 Å². The SMILES string of the molecule is CC1(C)CN(C2=CC=CCC2)C1. The number of hydrogen-bond donors (Lipinski definition) is 0. The Morgan fingerprint density at radius 3 is 2.58 bits per heavy atom. The minimum Gasteiger partial charge on any atom is -0.374 e. The monoisotopic (exact) mass is 163 g/mol. The standard InChI is InChI=1S/C11H17N/c1-11(2)8-12(9-11)10-6-4-3-5-7-10/h3-4,6H,5,7-9H2,1-2H3. The van der Waals surface area contributed by atoms with Gasteiger partial charge in [0.2, 0.25) is 0 Å². The van der Waals surface area contributed by atoms with E-state index >= 15 is 0 Å². The molecule has 0 aromatic rings. The highest BCUT2D eigenvalue weighted by molar-refractivity contribution is 5.19. The lowest BCUT2D eigenvalue weighted by Crippen LogP contribution is -2.52.